The molecule has 0 spiro atoms. The first-order chi connectivity index (χ1) is 9.06. The second-order valence-electron chi connectivity index (χ2n) is 5.14. The molecular formula is C13H21N3O3. The Morgan fingerprint density at radius 3 is 3.05 bits per heavy atom. The van der Waals surface area contributed by atoms with Crippen LogP contribution < -0.4 is 11.3 Å². The molecule has 4 N–H and O–H groups in total. The number of rotatable bonds is 4. The van der Waals surface area contributed by atoms with Gasteiger partial charge in [-0.25, -0.2) is 5.84 Å². The molecule has 1 saturated heterocycles. The number of carbonyl (C=O) groups is 1. The van der Waals surface area contributed by atoms with Crippen LogP contribution in [0.3, 0.4) is 0 Å². The molecule has 0 aromatic carbocycles. The number of nitrogens with two attached hydrogens (primary N) is 1. The van der Waals surface area contributed by atoms with Crippen molar-refractivity contribution in [2.75, 3.05) is 13.2 Å². The smallest absolute Gasteiger partial charge is 0.268 e. The molecule has 1 aromatic heterocycles. The van der Waals surface area contributed by atoms with Crippen LogP contribution in [0.2, 0.25) is 0 Å². The van der Waals surface area contributed by atoms with E-state index in [0.717, 1.165) is 18.7 Å². The minimum absolute atomic E-state index is 0.150. The number of hydrogen-bond donors (Lipinski definition) is 3. The average molecular weight is 267 g/mol. The van der Waals surface area contributed by atoms with Crippen molar-refractivity contribution in [1.29, 1.82) is 0 Å². The van der Waals surface area contributed by atoms with Gasteiger partial charge in [0, 0.05) is 6.04 Å². The van der Waals surface area contributed by atoms with E-state index >= 15 is 0 Å². The number of hydrogen-bond acceptors (Lipinski definition) is 5. The van der Waals surface area contributed by atoms with E-state index in [0.29, 0.717) is 23.8 Å². The zero-order valence-electron chi connectivity index (χ0n) is 11.3. The Morgan fingerprint density at radius 2 is 2.42 bits per heavy atom. The topological polar surface area (TPSA) is 91.7 Å². The summed E-state index contributed by atoms with van der Waals surface area (Å²) in [6.07, 6.45) is 1.07. The maximum atomic E-state index is 11.5. The van der Waals surface area contributed by atoms with Gasteiger partial charge >= 0.3 is 0 Å². The first-order valence-corrected chi connectivity index (χ1v) is 6.52. The summed E-state index contributed by atoms with van der Waals surface area (Å²) >= 11 is 0. The van der Waals surface area contributed by atoms with Gasteiger partial charge in [-0.3, -0.25) is 15.1 Å². The van der Waals surface area contributed by atoms with E-state index in [4.69, 9.17) is 10.3 Å². The van der Waals surface area contributed by atoms with Gasteiger partial charge in [0.1, 0.15) is 11.5 Å². The van der Waals surface area contributed by atoms with E-state index in [2.05, 4.69) is 17.2 Å². The Kier molecular flexibility index (Phi) is 4.24. The van der Waals surface area contributed by atoms with Gasteiger partial charge in [-0.15, -0.1) is 0 Å². The predicted octanol–water partition coefficient (Wildman–Crippen LogP) is 0.394. The summed E-state index contributed by atoms with van der Waals surface area (Å²) in [5.74, 6) is 6.54. The standard InChI is InChI=1S/C13H21N3O3/c1-8-3-4-16(12(8)7-17)6-10-5-11(9(2)19-10)13(18)15-14/h5,8,12,17H,3-4,6-7,14H2,1-2H3,(H,15,18). The maximum Gasteiger partial charge on any atom is 0.268 e. The monoisotopic (exact) mass is 267 g/mol. The molecule has 0 radical (unpaired) electrons. The Hall–Kier alpha value is -1.37. The molecule has 2 rings (SSSR count). The molecule has 1 fully saturated rings. The molecule has 2 heterocycles. The molecule has 1 aliphatic heterocycles. The lowest BCUT2D eigenvalue weighted by atomic mass is 10.0. The van der Waals surface area contributed by atoms with Crippen molar-refractivity contribution in [3.8, 4) is 0 Å². The van der Waals surface area contributed by atoms with Gasteiger partial charge in [-0.05, 0) is 31.9 Å². The second kappa shape index (κ2) is 5.73. The van der Waals surface area contributed by atoms with E-state index in [1.54, 1.807) is 13.0 Å². The van der Waals surface area contributed by atoms with Crippen molar-refractivity contribution < 1.29 is 14.3 Å². The number of carbonyl (C=O) groups excluding carboxylic acids is 1. The molecule has 0 aliphatic carbocycles. The molecule has 6 heteroatoms. The first-order valence-electron chi connectivity index (χ1n) is 6.52. The van der Waals surface area contributed by atoms with Crippen molar-refractivity contribution in [1.82, 2.24) is 10.3 Å². The molecule has 19 heavy (non-hydrogen) atoms. The SMILES string of the molecule is Cc1oc(CN2CCC(C)C2CO)cc1C(=O)NN. The van der Waals surface area contributed by atoms with E-state index in [9.17, 15) is 9.90 Å². The highest BCUT2D eigenvalue weighted by Crippen LogP contribution is 2.26. The molecule has 2 unspecified atom stereocenters. The van der Waals surface area contributed by atoms with Crippen LogP contribution in [-0.4, -0.2) is 35.1 Å². The number of likely N-dealkylation sites (tertiary alicyclic amines) is 1. The number of furan rings is 1. The number of amides is 1. The molecule has 0 bridgehead atoms. The minimum Gasteiger partial charge on any atom is -0.464 e. The Bertz CT molecular complexity index is 458. The number of aliphatic hydroxyl groups is 1. The molecule has 106 valence electrons. The lowest BCUT2D eigenvalue weighted by Crippen LogP contribution is -2.34. The van der Waals surface area contributed by atoms with Gasteiger partial charge in [0.25, 0.3) is 5.91 Å². The van der Waals surface area contributed by atoms with Gasteiger partial charge in [0.15, 0.2) is 0 Å². The maximum absolute atomic E-state index is 11.5. The summed E-state index contributed by atoms with van der Waals surface area (Å²) in [4.78, 5) is 13.7. The van der Waals surface area contributed by atoms with Gasteiger partial charge in [-0.2, -0.15) is 0 Å². The predicted molar refractivity (Wildman–Crippen MR) is 70.2 cm³/mol. The molecular weight excluding hydrogens is 246 g/mol. The number of nitrogens with zero attached hydrogens (tertiary/aromatic N) is 1. The van der Waals surface area contributed by atoms with Crippen LogP contribution in [0.25, 0.3) is 0 Å². The summed E-state index contributed by atoms with van der Waals surface area (Å²) < 4.78 is 5.59. The van der Waals surface area contributed by atoms with Gasteiger partial charge in [0.05, 0.1) is 18.7 Å². The third-order valence-corrected chi connectivity index (χ3v) is 3.89. The van der Waals surface area contributed by atoms with E-state index in [1.165, 1.54) is 0 Å². The fourth-order valence-corrected chi connectivity index (χ4v) is 2.70. The van der Waals surface area contributed by atoms with Crippen molar-refractivity contribution in [2.24, 2.45) is 11.8 Å². The lowest BCUT2D eigenvalue weighted by molar-refractivity contribution is 0.0952. The number of nitrogen functional groups attached to an aromatic ring is 1. The van der Waals surface area contributed by atoms with Crippen molar-refractivity contribution >= 4 is 5.91 Å². The third kappa shape index (κ3) is 2.80. The van der Waals surface area contributed by atoms with Crippen LogP contribution in [0.1, 0.15) is 35.2 Å². The highest BCUT2D eigenvalue weighted by atomic mass is 16.3. The average Bonchev–Trinajstić information content (AvgIpc) is 2.92. The molecule has 0 saturated carbocycles. The van der Waals surface area contributed by atoms with Crippen LogP contribution in [0.4, 0.5) is 0 Å². The van der Waals surface area contributed by atoms with Crippen molar-refractivity contribution in [3.05, 3.63) is 23.2 Å². The highest BCUT2D eigenvalue weighted by Gasteiger charge is 2.31. The van der Waals surface area contributed by atoms with Crippen LogP contribution in [-0.2, 0) is 6.54 Å². The van der Waals surface area contributed by atoms with Gasteiger partial charge in [-0.1, -0.05) is 6.92 Å². The van der Waals surface area contributed by atoms with Crippen LogP contribution >= 0.6 is 0 Å². The largest absolute Gasteiger partial charge is 0.464 e. The first kappa shape index (κ1) is 14.0. The third-order valence-electron chi connectivity index (χ3n) is 3.89. The minimum atomic E-state index is -0.346. The van der Waals surface area contributed by atoms with Crippen LogP contribution in [0, 0.1) is 12.8 Å². The normalized spacial score (nSPS) is 23.8. The molecule has 1 amide bonds. The second-order valence-corrected chi connectivity index (χ2v) is 5.14. The zero-order chi connectivity index (χ0) is 14.0. The van der Waals surface area contributed by atoms with Crippen molar-refractivity contribution in [2.45, 2.75) is 32.9 Å². The summed E-state index contributed by atoms with van der Waals surface area (Å²) in [6.45, 7) is 5.57. The van der Waals surface area contributed by atoms with Gasteiger partial charge < -0.3 is 9.52 Å². The summed E-state index contributed by atoms with van der Waals surface area (Å²) in [5.41, 5.74) is 2.57. The Morgan fingerprint density at radius 1 is 1.68 bits per heavy atom. The van der Waals surface area contributed by atoms with E-state index in [-0.39, 0.29) is 18.6 Å². The molecule has 1 aliphatic rings. The van der Waals surface area contributed by atoms with E-state index < -0.39 is 0 Å². The van der Waals surface area contributed by atoms with Crippen LogP contribution in [0.15, 0.2) is 10.5 Å². The van der Waals surface area contributed by atoms with E-state index in [1.807, 2.05) is 0 Å². The number of aliphatic hydroxyl groups excluding tert-OH is 1. The Labute approximate surface area is 112 Å². The number of nitrogens with one attached hydrogen (secondary N) is 1. The van der Waals surface area contributed by atoms with Crippen molar-refractivity contribution in [3.63, 3.8) is 0 Å². The summed E-state index contributed by atoms with van der Waals surface area (Å²) in [6, 6.07) is 1.88. The number of aryl methyl sites for hydroxylation is 1. The lowest BCUT2D eigenvalue weighted by Gasteiger charge is -2.23. The fraction of sp³-hybridized carbons (Fsp3) is 0.615. The molecule has 2 atom stereocenters. The quantitative estimate of drug-likeness (QED) is 0.417. The number of hydrazine groups is 1. The van der Waals surface area contributed by atoms with Gasteiger partial charge in [0.2, 0.25) is 0 Å². The van der Waals surface area contributed by atoms with Crippen LogP contribution in [0.5, 0.6) is 0 Å². The summed E-state index contributed by atoms with van der Waals surface area (Å²) in [5, 5.41) is 9.42. The Balaban J connectivity index is 2.10. The molecule has 6 nitrogen and oxygen atoms in total. The fourth-order valence-electron chi connectivity index (χ4n) is 2.70. The highest BCUT2D eigenvalue weighted by molar-refractivity contribution is 5.94. The zero-order valence-corrected chi connectivity index (χ0v) is 11.3. The molecule has 1 aromatic rings. The summed E-state index contributed by atoms with van der Waals surface area (Å²) in [7, 11) is 0.